The van der Waals surface area contributed by atoms with E-state index >= 15 is 0 Å². The molecule has 1 aromatic rings. The molecule has 0 aromatic heterocycles. The lowest BCUT2D eigenvalue weighted by molar-refractivity contribution is -0.0193. The highest BCUT2D eigenvalue weighted by atomic mass is 32.2. The van der Waals surface area contributed by atoms with E-state index in [1.165, 1.54) is 37.1 Å². The number of thioether (sulfide) groups is 1. The fraction of sp³-hybridized carbons (Fsp3) is 0.684. The zero-order chi connectivity index (χ0) is 13.9. The molecule has 4 aliphatic carbocycles. The van der Waals surface area contributed by atoms with Crippen molar-refractivity contribution in [2.45, 2.75) is 60.6 Å². The first kappa shape index (κ1) is 13.0. The van der Waals surface area contributed by atoms with Gasteiger partial charge in [-0.25, -0.2) is 0 Å². The van der Waals surface area contributed by atoms with Crippen molar-refractivity contribution in [2.75, 3.05) is 6.54 Å². The second-order valence-electron chi connectivity index (χ2n) is 8.13. The predicted octanol–water partition coefficient (Wildman–Crippen LogP) is 4.26. The standard InChI is InChI=1S/C19H25NS/c1-2-4-18-16(3-1)8-17(21-18)12-20-19-9-13-5-14(10-19)7-15(6-13)11-19/h1-4,13-15,17,20H,5-12H2. The fourth-order valence-corrected chi connectivity index (χ4v) is 7.27. The molecule has 4 fully saturated rings. The third-order valence-electron chi connectivity index (χ3n) is 6.46. The Balaban J connectivity index is 1.26. The van der Waals surface area contributed by atoms with Gasteiger partial charge in [-0.15, -0.1) is 11.8 Å². The molecule has 4 bridgehead atoms. The van der Waals surface area contributed by atoms with E-state index < -0.39 is 0 Å². The highest BCUT2D eigenvalue weighted by Crippen LogP contribution is 2.55. The summed E-state index contributed by atoms with van der Waals surface area (Å²) in [7, 11) is 0. The van der Waals surface area contributed by atoms with E-state index in [2.05, 4.69) is 41.3 Å². The summed E-state index contributed by atoms with van der Waals surface area (Å²) in [4.78, 5) is 1.52. The average Bonchev–Trinajstić information content (AvgIpc) is 2.87. The van der Waals surface area contributed by atoms with Crippen molar-refractivity contribution in [3.05, 3.63) is 29.8 Å². The van der Waals surface area contributed by atoms with Gasteiger partial charge in [0.1, 0.15) is 0 Å². The van der Waals surface area contributed by atoms with Gasteiger partial charge in [-0.3, -0.25) is 0 Å². The van der Waals surface area contributed by atoms with Gasteiger partial charge in [-0.05, 0) is 74.3 Å². The third kappa shape index (κ3) is 2.26. The van der Waals surface area contributed by atoms with E-state index in [0.29, 0.717) is 5.54 Å². The minimum atomic E-state index is 0.532. The van der Waals surface area contributed by atoms with E-state index in [1.54, 1.807) is 24.8 Å². The lowest BCUT2D eigenvalue weighted by Gasteiger charge is -2.57. The Morgan fingerprint density at radius 1 is 1.00 bits per heavy atom. The van der Waals surface area contributed by atoms with Gasteiger partial charge >= 0.3 is 0 Å². The Bertz CT molecular complexity index is 492. The molecule has 21 heavy (non-hydrogen) atoms. The van der Waals surface area contributed by atoms with Crippen LogP contribution in [0, 0.1) is 17.8 Å². The number of rotatable bonds is 3. The molecule has 1 aromatic carbocycles. The molecule has 0 saturated heterocycles. The van der Waals surface area contributed by atoms with Crippen molar-refractivity contribution in [1.29, 1.82) is 0 Å². The minimum absolute atomic E-state index is 0.532. The van der Waals surface area contributed by atoms with Gasteiger partial charge < -0.3 is 5.32 Å². The van der Waals surface area contributed by atoms with Crippen LogP contribution < -0.4 is 5.32 Å². The molecule has 6 rings (SSSR count). The second-order valence-corrected chi connectivity index (χ2v) is 9.47. The van der Waals surface area contributed by atoms with E-state index in [4.69, 9.17) is 0 Å². The number of hydrogen-bond donors (Lipinski definition) is 1. The zero-order valence-electron chi connectivity index (χ0n) is 12.7. The van der Waals surface area contributed by atoms with Gasteiger partial charge in [0.05, 0.1) is 0 Å². The Labute approximate surface area is 132 Å². The molecule has 1 unspecified atom stereocenters. The monoisotopic (exact) mass is 299 g/mol. The van der Waals surface area contributed by atoms with E-state index in [-0.39, 0.29) is 0 Å². The number of benzene rings is 1. The topological polar surface area (TPSA) is 12.0 Å². The number of fused-ring (bicyclic) bond motifs is 1. The first-order valence-corrected chi connectivity index (χ1v) is 9.66. The van der Waals surface area contributed by atoms with Crippen LogP contribution in [0.4, 0.5) is 0 Å². The lowest BCUT2D eigenvalue weighted by Crippen LogP contribution is -2.59. The first-order valence-electron chi connectivity index (χ1n) is 8.78. The van der Waals surface area contributed by atoms with Gasteiger partial charge in [0, 0.05) is 22.2 Å². The number of hydrogen-bond acceptors (Lipinski definition) is 2. The molecule has 2 heteroatoms. The SMILES string of the molecule is c1ccc2c(c1)CC(CNC13CC4CC(CC(C4)C1)C3)S2. The molecule has 112 valence electrons. The maximum Gasteiger partial charge on any atom is 0.0260 e. The highest BCUT2D eigenvalue weighted by Gasteiger charge is 2.50. The molecule has 0 spiro atoms. The van der Waals surface area contributed by atoms with E-state index in [9.17, 15) is 0 Å². The summed E-state index contributed by atoms with van der Waals surface area (Å²) >= 11 is 2.10. The van der Waals surface area contributed by atoms with Crippen LogP contribution in [-0.4, -0.2) is 17.3 Å². The van der Waals surface area contributed by atoms with E-state index in [0.717, 1.165) is 23.0 Å². The molecule has 1 N–H and O–H groups in total. The van der Waals surface area contributed by atoms with Crippen LogP contribution in [0.15, 0.2) is 29.2 Å². The quantitative estimate of drug-likeness (QED) is 0.895. The molecule has 0 amide bonds. The molecule has 1 aliphatic heterocycles. The fourth-order valence-electron chi connectivity index (χ4n) is 6.03. The summed E-state index contributed by atoms with van der Waals surface area (Å²) in [5.74, 6) is 3.16. The maximum absolute atomic E-state index is 4.08. The van der Waals surface area contributed by atoms with Gasteiger partial charge in [-0.2, -0.15) is 0 Å². The van der Waals surface area contributed by atoms with Crippen LogP contribution in [0.25, 0.3) is 0 Å². The van der Waals surface area contributed by atoms with Crippen LogP contribution in [0.2, 0.25) is 0 Å². The van der Waals surface area contributed by atoms with Crippen molar-refractivity contribution in [2.24, 2.45) is 17.8 Å². The highest BCUT2D eigenvalue weighted by molar-refractivity contribution is 8.00. The van der Waals surface area contributed by atoms with Crippen LogP contribution in [-0.2, 0) is 6.42 Å². The predicted molar refractivity (Wildman–Crippen MR) is 88.7 cm³/mol. The lowest BCUT2D eigenvalue weighted by atomic mass is 9.53. The van der Waals surface area contributed by atoms with Crippen molar-refractivity contribution < 1.29 is 0 Å². The molecule has 4 saturated carbocycles. The molecule has 1 heterocycles. The molecular weight excluding hydrogens is 274 g/mol. The van der Waals surface area contributed by atoms with Crippen molar-refractivity contribution in [3.8, 4) is 0 Å². The van der Waals surface area contributed by atoms with Gasteiger partial charge in [-0.1, -0.05) is 18.2 Å². The Hall–Kier alpha value is -0.470. The summed E-state index contributed by atoms with van der Waals surface area (Å²) < 4.78 is 0. The summed E-state index contributed by atoms with van der Waals surface area (Å²) in [6.07, 6.45) is 10.3. The summed E-state index contributed by atoms with van der Waals surface area (Å²) in [5, 5.41) is 4.84. The second kappa shape index (κ2) is 4.76. The summed E-state index contributed by atoms with van der Waals surface area (Å²) in [5.41, 5.74) is 2.10. The molecule has 0 radical (unpaired) electrons. The normalized spacial score (nSPS) is 43.2. The largest absolute Gasteiger partial charge is 0.310 e. The number of nitrogens with one attached hydrogen (secondary N) is 1. The van der Waals surface area contributed by atoms with Crippen molar-refractivity contribution in [1.82, 2.24) is 5.32 Å². The van der Waals surface area contributed by atoms with Crippen molar-refractivity contribution >= 4 is 11.8 Å². The summed E-state index contributed by atoms with van der Waals surface area (Å²) in [6.45, 7) is 1.21. The van der Waals surface area contributed by atoms with Gasteiger partial charge in [0.15, 0.2) is 0 Å². The Morgan fingerprint density at radius 3 is 2.33 bits per heavy atom. The van der Waals surface area contributed by atoms with Gasteiger partial charge in [0.2, 0.25) is 0 Å². The molecule has 5 aliphatic rings. The van der Waals surface area contributed by atoms with Crippen molar-refractivity contribution in [3.63, 3.8) is 0 Å². The zero-order valence-corrected chi connectivity index (χ0v) is 13.5. The van der Waals surface area contributed by atoms with Crippen LogP contribution in [0.1, 0.15) is 44.1 Å². The summed E-state index contributed by atoms with van der Waals surface area (Å²) in [6, 6.07) is 8.98. The molecular formula is C19H25NS. The first-order chi connectivity index (χ1) is 10.3. The molecule has 1 atom stereocenters. The smallest absolute Gasteiger partial charge is 0.0260 e. The Morgan fingerprint density at radius 2 is 1.67 bits per heavy atom. The van der Waals surface area contributed by atoms with Crippen LogP contribution in [0.3, 0.4) is 0 Å². The maximum atomic E-state index is 4.08. The Kier molecular flexibility index (Phi) is 2.95. The molecule has 1 nitrogen and oxygen atoms in total. The van der Waals surface area contributed by atoms with Crippen LogP contribution in [0.5, 0.6) is 0 Å². The third-order valence-corrected chi connectivity index (χ3v) is 7.78. The average molecular weight is 299 g/mol. The van der Waals surface area contributed by atoms with Crippen LogP contribution >= 0.6 is 11.8 Å². The van der Waals surface area contributed by atoms with E-state index in [1.807, 2.05) is 0 Å². The van der Waals surface area contributed by atoms with Gasteiger partial charge in [0.25, 0.3) is 0 Å². The minimum Gasteiger partial charge on any atom is -0.310 e.